The highest BCUT2D eigenvalue weighted by Crippen LogP contribution is 2.23. The highest BCUT2D eigenvalue weighted by Gasteiger charge is 2.15. The van der Waals surface area contributed by atoms with Crippen LogP contribution in [0, 0.1) is 6.92 Å². The number of anilines is 1. The number of pyridine rings is 1. The molecule has 19 heavy (non-hydrogen) atoms. The molecule has 1 aromatic heterocycles. The predicted molar refractivity (Wildman–Crippen MR) is 84.6 cm³/mol. The lowest BCUT2D eigenvalue weighted by atomic mass is 9.96. The second-order valence-electron chi connectivity index (χ2n) is 5.40. The number of aryl methyl sites for hydroxylation is 1. The number of nitrogens with zero attached hydrogens (tertiary/aromatic N) is 1. The Morgan fingerprint density at radius 2 is 1.89 bits per heavy atom. The van der Waals surface area contributed by atoms with Crippen LogP contribution >= 0.6 is 12.2 Å². The Hall–Kier alpha value is -1.16. The number of hydrogen-bond acceptors (Lipinski definition) is 3. The number of hydrogen-bond donors (Lipinski definition) is 2. The summed E-state index contributed by atoms with van der Waals surface area (Å²) in [6.45, 7) is 2.03. The smallest absolute Gasteiger partial charge is 0.136 e. The predicted octanol–water partition coefficient (Wildman–Crippen LogP) is 3.55. The van der Waals surface area contributed by atoms with Gasteiger partial charge in [0.15, 0.2) is 0 Å². The van der Waals surface area contributed by atoms with Gasteiger partial charge < -0.3 is 11.1 Å². The van der Waals surface area contributed by atoms with Crippen LogP contribution in [-0.4, -0.2) is 16.0 Å². The van der Waals surface area contributed by atoms with E-state index in [4.69, 9.17) is 18.0 Å². The van der Waals surface area contributed by atoms with E-state index in [0.717, 1.165) is 16.9 Å². The van der Waals surface area contributed by atoms with Crippen molar-refractivity contribution >= 4 is 23.0 Å². The van der Waals surface area contributed by atoms with Crippen LogP contribution in [0.25, 0.3) is 0 Å². The number of rotatable bonds is 3. The minimum absolute atomic E-state index is 0.430. The first-order valence-corrected chi connectivity index (χ1v) is 7.61. The molecule has 2 rings (SSSR count). The summed E-state index contributed by atoms with van der Waals surface area (Å²) in [6.07, 6.45) is 10.9. The van der Waals surface area contributed by atoms with Crippen LogP contribution in [0.5, 0.6) is 0 Å². The molecule has 0 bridgehead atoms. The van der Waals surface area contributed by atoms with Gasteiger partial charge >= 0.3 is 0 Å². The van der Waals surface area contributed by atoms with Crippen LogP contribution in [0.2, 0.25) is 0 Å². The van der Waals surface area contributed by atoms with Gasteiger partial charge in [-0.25, -0.2) is 4.98 Å². The number of thiocarbonyl (C=S) groups is 1. The van der Waals surface area contributed by atoms with E-state index in [1.165, 1.54) is 44.9 Å². The molecule has 0 spiro atoms. The van der Waals surface area contributed by atoms with Gasteiger partial charge in [0.2, 0.25) is 0 Å². The van der Waals surface area contributed by atoms with Crippen molar-refractivity contribution < 1.29 is 0 Å². The first-order chi connectivity index (χ1) is 9.18. The third-order valence-corrected chi connectivity index (χ3v) is 4.06. The lowest BCUT2D eigenvalue weighted by Gasteiger charge is -2.23. The standard InChI is InChI=1S/C15H23N3S/c1-11-9-10-17-15(13(11)14(16)19)18-12-7-5-3-2-4-6-8-12/h9-10,12H,2-8H2,1H3,(H2,16,19)(H,17,18). The van der Waals surface area contributed by atoms with Crippen LogP contribution < -0.4 is 11.1 Å². The van der Waals surface area contributed by atoms with Crippen LogP contribution in [0.1, 0.15) is 56.1 Å². The van der Waals surface area contributed by atoms with Gasteiger partial charge in [0, 0.05) is 12.2 Å². The van der Waals surface area contributed by atoms with Gasteiger partial charge in [-0.1, -0.05) is 44.3 Å². The van der Waals surface area contributed by atoms with E-state index in [1.54, 1.807) is 0 Å². The molecule has 0 aliphatic heterocycles. The summed E-state index contributed by atoms with van der Waals surface area (Å²) in [5, 5.41) is 3.56. The summed E-state index contributed by atoms with van der Waals surface area (Å²) in [5.74, 6) is 0.859. The zero-order valence-electron chi connectivity index (χ0n) is 11.6. The third-order valence-electron chi connectivity index (χ3n) is 3.85. The summed E-state index contributed by atoms with van der Waals surface area (Å²) >= 11 is 5.15. The SMILES string of the molecule is Cc1ccnc(NC2CCCCCCC2)c1C(N)=S. The van der Waals surface area contributed by atoms with Crippen LogP contribution in [-0.2, 0) is 0 Å². The molecule has 1 aliphatic carbocycles. The van der Waals surface area contributed by atoms with Crippen LogP contribution in [0.15, 0.2) is 12.3 Å². The van der Waals surface area contributed by atoms with Crippen molar-refractivity contribution in [2.75, 3.05) is 5.32 Å². The highest BCUT2D eigenvalue weighted by molar-refractivity contribution is 7.80. The van der Waals surface area contributed by atoms with Crippen LogP contribution in [0.3, 0.4) is 0 Å². The maximum atomic E-state index is 5.83. The van der Waals surface area contributed by atoms with Crippen molar-refractivity contribution in [3.05, 3.63) is 23.4 Å². The highest BCUT2D eigenvalue weighted by atomic mass is 32.1. The number of nitrogens with two attached hydrogens (primary N) is 1. The Morgan fingerprint density at radius 3 is 2.53 bits per heavy atom. The fraction of sp³-hybridized carbons (Fsp3) is 0.600. The average molecular weight is 277 g/mol. The molecule has 1 saturated carbocycles. The molecule has 3 N–H and O–H groups in total. The molecule has 0 amide bonds. The Kier molecular flexibility index (Phi) is 5.14. The van der Waals surface area contributed by atoms with E-state index in [-0.39, 0.29) is 0 Å². The van der Waals surface area contributed by atoms with E-state index >= 15 is 0 Å². The summed E-state index contributed by atoms with van der Waals surface area (Å²) in [7, 11) is 0. The van der Waals surface area contributed by atoms with E-state index in [2.05, 4.69) is 10.3 Å². The van der Waals surface area contributed by atoms with E-state index in [0.29, 0.717) is 11.0 Å². The maximum Gasteiger partial charge on any atom is 0.136 e. The topological polar surface area (TPSA) is 50.9 Å². The van der Waals surface area contributed by atoms with Gasteiger partial charge in [0.25, 0.3) is 0 Å². The fourth-order valence-corrected chi connectivity index (χ4v) is 3.03. The second kappa shape index (κ2) is 6.85. The molecule has 3 nitrogen and oxygen atoms in total. The van der Waals surface area contributed by atoms with Crippen molar-refractivity contribution in [2.45, 2.75) is 57.9 Å². The summed E-state index contributed by atoms with van der Waals surface area (Å²) in [6, 6.07) is 2.46. The van der Waals surface area contributed by atoms with Gasteiger partial charge in [-0.2, -0.15) is 0 Å². The van der Waals surface area contributed by atoms with Crippen molar-refractivity contribution in [3.8, 4) is 0 Å². The quantitative estimate of drug-likeness (QED) is 0.830. The number of nitrogens with one attached hydrogen (secondary N) is 1. The molecule has 1 aromatic rings. The minimum Gasteiger partial charge on any atom is -0.389 e. The Morgan fingerprint density at radius 1 is 1.26 bits per heavy atom. The van der Waals surface area contributed by atoms with Gasteiger partial charge in [0.1, 0.15) is 10.8 Å². The largest absolute Gasteiger partial charge is 0.389 e. The first kappa shape index (κ1) is 14.3. The lowest BCUT2D eigenvalue weighted by molar-refractivity contribution is 0.470. The maximum absolute atomic E-state index is 5.83. The summed E-state index contributed by atoms with van der Waals surface area (Å²) < 4.78 is 0. The zero-order chi connectivity index (χ0) is 13.7. The van der Waals surface area contributed by atoms with E-state index < -0.39 is 0 Å². The molecule has 0 saturated heterocycles. The van der Waals surface area contributed by atoms with Crippen molar-refractivity contribution in [1.82, 2.24) is 4.98 Å². The van der Waals surface area contributed by atoms with Crippen molar-refractivity contribution in [3.63, 3.8) is 0 Å². The molecule has 4 heteroatoms. The number of aromatic nitrogens is 1. The van der Waals surface area contributed by atoms with Gasteiger partial charge in [-0.05, 0) is 31.4 Å². The molecular weight excluding hydrogens is 254 g/mol. The molecule has 1 fully saturated rings. The molecule has 104 valence electrons. The molecule has 0 atom stereocenters. The molecule has 0 aromatic carbocycles. The summed E-state index contributed by atoms with van der Waals surface area (Å²) in [5.41, 5.74) is 7.82. The van der Waals surface area contributed by atoms with E-state index in [9.17, 15) is 0 Å². The Bertz CT molecular complexity index is 437. The zero-order valence-corrected chi connectivity index (χ0v) is 12.4. The Balaban J connectivity index is 2.13. The average Bonchev–Trinajstić information content (AvgIpc) is 2.32. The molecule has 1 aliphatic rings. The first-order valence-electron chi connectivity index (χ1n) is 7.20. The lowest BCUT2D eigenvalue weighted by Crippen LogP contribution is -2.24. The molecule has 0 unspecified atom stereocenters. The fourth-order valence-electron chi connectivity index (χ4n) is 2.77. The molecule has 1 heterocycles. The van der Waals surface area contributed by atoms with Gasteiger partial charge in [-0.15, -0.1) is 0 Å². The minimum atomic E-state index is 0.430. The summed E-state index contributed by atoms with van der Waals surface area (Å²) in [4.78, 5) is 4.86. The third kappa shape index (κ3) is 3.90. The molecular formula is C15H23N3S. The van der Waals surface area contributed by atoms with Gasteiger partial charge in [0.05, 0.1) is 5.56 Å². The molecule has 0 radical (unpaired) electrons. The van der Waals surface area contributed by atoms with Crippen LogP contribution in [0.4, 0.5) is 5.82 Å². The monoisotopic (exact) mass is 277 g/mol. The van der Waals surface area contributed by atoms with Gasteiger partial charge in [-0.3, -0.25) is 0 Å². The Labute approximate surface area is 121 Å². The van der Waals surface area contributed by atoms with Crippen molar-refractivity contribution in [2.24, 2.45) is 5.73 Å². The van der Waals surface area contributed by atoms with Crippen molar-refractivity contribution in [1.29, 1.82) is 0 Å². The normalized spacial score (nSPS) is 17.5. The van der Waals surface area contributed by atoms with E-state index in [1.807, 2.05) is 19.2 Å². The second-order valence-corrected chi connectivity index (χ2v) is 5.84.